The van der Waals surface area contributed by atoms with Gasteiger partial charge in [-0.05, 0) is 34.9 Å². The van der Waals surface area contributed by atoms with E-state index in [0.29, 0.717) is 18.2 Å². The van der Waals surface area contributed by atoms with E-state index in [1.807, 2.05) is 18.2 Å². The fourth-order valence-electron chi connectivity index (χ4n) is 1.68. The predicted molar refractivity (Wildman–Crippen MR) is 77.8 cm³/mol. The third-order valence-electron chi connectivity index (χ3n) is 2.78. The minimum atomic E-state index is -0.193. The molecule has 0 unspecified atom stereocenters. The third-order valence-corrected chi connectivity index (χ3v) is 2.78. The number of carbonyl (C=O) groups is 1. The Labute approximate surface area is 123 Å². The van der Waals surface area contributed by atoms with Gasteiger partial charge in [0.1, 0.15) is 18.6 Å². The van der Waals surface area contributed by atoms with E-state index in [1.165, 1.54) is 11.0 Å². The van der Waals surface area contributed by atoms with Crippen molar-refractivity contribution >= 4 is 11.6 Å². The molecule has 0 saturated carbocycles. The summed E-state index contributed by atoms with van der Waals surface area (Å²) in [5, 5.41) is 13.4. The van der Waals surface area contributed by atoms with E-state index in [2.05, 4.69) is 34.7 Å². The van der Waals surface area contributed by atoms with Crippen molar-refractivity contribution in [1.82, 2.24) is 20.2 Å². The minimum absolute atomic E-state index is 0.0748. The van der Waals surface area contributed by atoms with Crippen LogP contribution in [-0.2, 0) is 11.3 Å². The van der Waals surface area contributed by atoms with E-state index in [9.17, 15) is 4.79 Å². The summed E-state index contributed by atoms with van der Waals surface area (Å²) < 4.78 is 7.02. The molecule has 7 heteroatoms. The first kappa shape index (κ1) is 15.0. The lowest BCUT2D eigenvalue weighted by atomic mass is 10.1. The van der Waals surface area contributed by atoms with Crippen molar-refractivity contribution in [2.75, 3.05) is 11.9 Å². The maximum absolute atomic E-state index is 11.8. The Bertz CT molecular complexity index is 569. The average molecular weight is 289 g/mol. The first-order valence-corrected chi connectivity index (χ1v) is 6.87. The summed E-state index contributed by atoms with van der Waals surface area (Å²) in [6.45, 7) is 5.04. The highest BCUT2D eigenvalue weighted by Crippen LogP contribution is 2.18. The molecule has 2 aromatic rings. The number of benzene rings is 1. The lowest BCUT2D eigenvalue weighted by Gasteiger charge is -2.10. The van der Waals surface area contributed by atoms with Gasteiger partial charge in [0.05, 0.1) is 6.61 Å². The number of hydrogen-bond acceptors (Lipinski definition) is 5. The Morgan fingerprint density at radius 2 is 2.29 bits per heavy atom. The average Bonchev–Trinajstić information content (AvgIpc) is 2.91. The van der Waals surface area contributed by atoms with Gasteiger partial charge in [0.15, 0.2) is 0 Å². The van der Waals surface area contributed by atoms with Crippen molar-refractivity contribution in [2.45, 2.75) is 26.8 Å². The summed E-state index contributed by atoms with van der Waals surface area (Å²) in [5.74, 6) is 1.15. The molecule has 1 amide bonds. The smallest absolute Gasteiger partial charge is 0.246 e. The Kier molecular flexibility index (Phi) is 5.25. The number of carbonyl (C=O) groups excluding carboxylic acids is 1. The molecule has 2 rings (SSSR count). The van der Waals surface area contributed by atoms with Crippen LogP contribution in [0.5, 0.6) is 5.75 Å². The van der Waals surface area contributed by atoms with Crippen LogP contribution >= 0.6 is 0 Å². The summed E-state index contributed by atoms with van der Waals surface area (Å²) in [5.41, 5.74) is 0.690. The first-order chi connectivity index (χ1) is 10.1. The Balaban J connectivity index is 1.86. The van der Waals surface area contributed by atoms with Gasteiger partial charge in [-0.1, -0.05) is 19.9 Å². The van der Waals surface area contributed by atoms with Gasteiger partial charge in [0.2, 0.25) is 5.91 Å². The predicted octanol–water partition coefficient (Wildman–Crippen LogP) is 1.74. The molecular formula is C14H19N5O2. The van der Waals surface area contributed by atoms with E-state index in [4.69, 9.17) is 4.74 Å². The van der Waals surface area contributed by atoms with Gasteiger partial charge in [-0.3, -0.25) is 4.79 Å². The van der Waals surface area contributed by atoms with Crippen molar-refractivity contribution in [3.8, 4) is 5.75 Å². The third kappa shape index (κ3) is 5.21. The molecule has 0 fully saturated rings. The largest absolute Gasteiger partial charge is 0.494 e. The van der Waals surface area contributed by atoms with Crippen LogP contribution in [0.25, 0.3) is 0 Å². The normalized spacial score (nSPS) is 10.6. The monoisotopic (exact) mass is 289 g/mol. The Morgan fingerprint density at radius 3 is 3.00 bits per heavy atom. The van der Waals surface area contributed by atoms with Gasteiger partial charge in [-0.25, -0.2) is 4.68 Å². The molecule has 0 radical (unpaired) electrons. The maximum atomic E-state index is 11.8. The van der Waals surface area contributed by atoms with Gasteiger partial charge in [0, 0.05) is 11.8 Å². The standard InChI is InChI=1S/C14H19N5O2/c1-11(2)6-7-21-13-5-3-4-12(8-13)16-14(20)9-19-10-15-17-18-19/h3-5,8,10-11H,6-7,9H2,1-2H3,(H,16,20). The highest BCUT2D eigenvalue weighted by atomic mass is 16.5. The number of hydrogen-bond donors (Lipinski definition) is 1. The van der Waals surface area contributed by atoms with Crippen LogP contribution in [0.1, 0.15) is 20.3 Å². The lowest BCUT2D eigenvalue weighted by Crippen LogP contribution is -2.19. The van der Waals surface area contributed by atoms with Gasteiger partial charge in [-0.15, -0.1) is 5.10 Å². The van der Waals surface area contributed by atoms with E-state index >= 15 is 0 Å². The Hall–Kier alpha value is -2.44. The second-order valence-corrected chi connectivity index (χ2v) is 5.11. The molecule has 0 bridgehead atoms. The summed E-state index contributed by atoms with van der Waals surface area (Å²) >= 11 is 0. The Morgan fingerprint density at radius 1 is 1.43 bits per heavy atom. The molecule has 1 aromatic heterocycles. The summed E-state index contributed by atoms with van der Waals surface area (Å²) in [4.78, 5) is 11.8. The zero-order valence-corrected chi connectivity index (χ0v) is 12.2. The molecule has 112 valence electrons. The topological polar surface area (TPSA) is 81.9 Å². The van der Waals surface area contributed by atoms with Crippen molar-refractivity contribution in [2.24, 2.45) is 5.92 Å². The van der Waals surface area contributed by atoms with Crippen LogP contribution in [-0.4, -0.2) is 32.7 Å². The van der Waals surface area contributed by atoms with Crippen LogP contribution < -0.4 is 10.1 Å². The molecule has 0 aliphatic carbocycles. The number of tetrazole rings is 1. The molecule has 1 heterocycles. The number of ether oxygens (including phenoxy) is 1. The summed E-state index contributed by atoms with van der Waals surface area (Å²) in [6, 6.07) is 7.33. The molecule has 21 heavy (non-hydrogen) atoms. The van der Waals surface area contributed by atoms with Crippen LogP contribution in [0.15, 0.2) is 30.6 Å². The highest BCUT2D eigenvalue weighted by Gasteiger charge is 2.05. The fraction of sp³-hybridized carbons (Fsp3) is 0.429. The number of anilines is 1. The number of amides is 1. The highest BCUT2D eigenvalue weighted by molar-refractivity contribution is 5.90. The molecule has 0 spiro atoms. The van der Waals surface area contributed by atoms with Crippen LogP contribution in [0.2, 0.25) is 0 Å². The zero-order chi connectivity index (χ0) is 15.1. The van der Waals surface area contributed by atoms with E-state index in [1.54, 1.807) is 6.07 Å². The van der Waals surface area contributed by atoms with Gasteiger partial charge in [0.25, 0.3) is 0 Å². The van der Waals surface area contributed by atoms with Crippen molar-refractivity contribution < 1.29 is 9.53 Å². The van der Waals surface area contributed by atoms with Crippen LogP contribution in [0, 0.1) is 5.92 Å². The van der Waals surface area contributed by atoms with Gasteiger partial charge in [-0.2, -0.15) is 0 Å². The van der Waals surface area contributed by atoms with E-state index < -0.39 is 0 Å². The molecule has 1 N–H and O–H groups in total. The summed E-state index contributed by atoms with van der Waals surface area (Å²) in [6.07, 6.45) is 2.39. The van der Waals surface area contributed by atoms with E-state index in [-0.39, 0.29) is 12.5 Å². The summed E-state index contributed by atoms with van der Waals surface area (Å²) in [7, 11) is 0. The second-order valence-electron chi connectivity index (χ2n) is 5.11. The first-order valence-electron chi connectivity index (χ1n) is 6.87. The molecule has 0 aliphatic rings. The molecule has 0 atom stereocenters. The maximum Gasteiger partial charge on any atom is 0.246 e. The SMILES string of the molecule is CC(C)CCOc1cccc(NC(=O)Cn2cnnn2)c1. The molecule has 0 saturated heterocycles. The van der Waals surface area contributed by atoms with E-state index in [0.717, 1.165) is 12.2 Å². The van der Waals surface area contributed by atoms with Gasteiger partial charge < -0.3 is 10.1 Å². The number of nitrogens with zero attached hydrogens (tertiary/aromatic N) is 4. The quantitative estimate of drug-likeness (QED) is 0.839. The van der Waals surface area contributed by atoms with Crippen LogP contribution in [0.3, 0.4) is 0 Å². The van der Waals surface area contributed by atoms with Crippen LogP contribution in [0.4, 0.5) is 5.69 Å². The van der Waals surface area contributed by atoms with Crippen molar-refractivity contribution in [1.29, 1.82) is 0 Å². The number of rotatable bonds is 7. The van der Waals surface area contributed by atoms with Crippen molar-refractivity contribution in [3.63, 3.8) is 0 Å². The molecule has 1 aromatic carbocycles. The number of nitrogens with one attached hydrogen (secondary N) is 1. The molecule has 0 aliphatic heterocycles. The lowest BCUT2D eigenvalue weighted by molar-refractivity contribution is -0.116. The van der Waals surface area contributed by atoms with Crippen molar-refractivity contribution in [3.05, 3.63) is 30.6 Å². The molecule has 7 nitrogen and oxygen atoms in total. The minimum Gasteiger partial charge on any atom is -0.494 e. The number of aromatic nitrogens is 4. The van der Waals surface area contributed by atoms with Gasteiger partial charge >= 0.3 is 0 Å². The second kappa shape index (κ2) is 7.37. The zero-order valence-electron chi connectivity index (χ0n) is 12.2. The molecular weight excluding hydrogens is 270 g/mol. The fourth-order valence-corrected chi connectivity index (χ4v) is 1.68.